The van der Waals surface area contributed by atoms with Crippen LogP contribution in [-0.4, -0.2) is 22.3 Å². The van der Waals surface area contributed by atoms with Crippen LogP contribution in [0.2, 0.25) is 0 Å². The molecule has 0 heterocycles. The van der Waals surface area contributed by atoms with Crippen molar-refractivity contribution in [3.05, 3.63) is 25.3 Å². The second-order valence-corrected chi connectivity index (χ2v) is 4.06. The molecule has 0 saturated carbocycles. The summed E-state index contributed by atoms with van der Waals surface area (Å²) < 4.78 is 0. The molecule has 4 nitrogen and oxygen atoms in total. The van der Waals surface area contributed by atoms with Gasteiger partial charge in [0.15, 0.2) is 10.2 Å². The highest BCUT2D eigenvalue weighted by atomic mass is 32.1. The second-order valence-electron chi connectivity index (χ2n) is 3.25. The van der Waals surface area contributed by atoms with Crippen molar-refractivity contribution in [1.29, 1.82) is 0 Å². The average molecular weight is 258 g/mol. The smallest absolute Gasteiger partial charge is 0.185 e. The summed E-state index contributed by atoms with van der Waals surface area (Å²) in [6, 6.07) is 0.214. The minimum absolute atomic E-state index is 0.107. The average Bonchev–Trinajstić information content (AvgIpc) is 2.26. The fourth-order valence-corrected chi connectivity index (χ4v) is 1.19. The Kier molecular flexibility index (Phi) is 7.49. The molecule has 0 spiro atoms. The van der Waals surface area contributed by atoms with Crippen molar-refractivity contribution in [1.82, 2.24) is 21.5 Å². The van der Waals surface area contributed by atoms with Crippen molar-refractivity contribution < 1.29 is 0 Å². The van der Waals surface area contributed by atoms with Crippen LogP contribution in [0.15, 0.2) is 25.3 Å². The number of hydrogen-bond acceptors (Lipinski definition) is 2. The molecule has 16 heavy (non-hydrogen) atoms. The first-order valence-corrected chi connectivity index (χ1v) is 5.69. The van der Waals surface area contributed by atoms with Crippen LogP contribution < -0.4 is 21.5 Å². The largest absolute Gasteiger partial charge is 0.355 e. The molecular weight excluding hydrogens is 240 g/mol. The molecule has 2 unspecified atom stereocenters. The standard InChI is InChI=1S/C10H18N4S2/c1-5-7(3)11-9(15)13-14-10(16)12-8(4)6-2/h5-8H,1-2H2,3-4H3,(H2,11,13,15)(H2,12,14,16). The predicted molar refractivity (Wildman–Crippen MR) is 77.1 cm³/mol. The third-order valence-electron chi connectivity index (χ3n) is 1.71. The van der Waals surface area contributed by atoms with Gasteiger partial charge < -0.3 is 10.6 Å². The molecule has 0 aromatic rings. The minimum Gasteiger partial charge on any atom is -0.355 e. The Morgan fingerprint density at radius 2 is 1.25 bits per heavy atom. The first-order chi connectivity index (χ1) is 7.49. The fourth-order valence-electron chi connectivity index (χ4n) is 0.717. The molecule has 4 N–H and O–H groups in total. The zero-order valence-corrected chi connectivity index (χ0v) is 11.2. The first-order valence-electron chi connectivity index (χ1n) is 4.87. The summed E-state index contributed by atoms with van der Waals surface area (Å²) in [5, 5.41) is 6.89. The van der Waals surface area contributed by atoms with E-state index in [1.165, 1.54) is 0 Å². The van der Waals surface area contributed by atoms with E-state index in [0.717, 1.165) is 0 Å². The van der Waals surface area contributed by atoms with E-state index in [0.29, 0.717) is 10.2 Å². The van der Waals surface area contributed by atoms with Crippen LogP contribution in [0.1, 0.15) is 13.8 Å². The lowest BCUT2D eigenvalue weighted by atomic mass is 10.3. The van der Waals surface area contributed by atoms with Crippen LogP contribution in [0, 0.1) is 0 Å². The fraction of sp³-hybridized carbons (Fsp3) is 0.400. The van der Waals surface area contributed by atoms with E-state index in [-0.39, 0.29) is 12.1 Å². The molecule has 0 fully saturated rings. The van der Waals surface area contributed by atoms with Gasteiger partial charge in [0.1, 0.15) is 0 Å². The highest BCUT2D eigenvalue weighted by Crippen LogP contribution is 1.82. The van der Waals surface area contributed by atoms with Crippen molar-refractivity contribution in [3.8, 4) is 0 Å². The monoisotopic (exact) mass is 258 g/mol. The van der Waals surface area contributed by atoms with E-state index in [1.54, 1.807) is 12.2 Å². The summed E-state index contributed by atoms with van der Waals surface area (Å²) in [4.78, 5) is 0. The lowest BCUT2D eigenvalue weighted by Crippen LogP contribution is -2.52. The molecule has 6 heteroatoms. The van der Waals surface area contributed by atoms with Crippen LogP contribution in [-0.2, 0) is 0 Å². The summed E-state index contributed by atoms with van der Waals surface area (Å²) in [5.41, 5.74) is 5.52. The zero-order valence-electron chi connectivity index (χ0n) is 9.54. The Labute approximate surface area is 108 Å². The number of hydrazine groups is 1. The van der Waals surface area contributed by atoms with E-state index in [4.69, 9.17) is 24.4 Å². The highest BCUT2D eigenvalue weighted by molar-refractivity contribution is 7.80. The van der Waals surface area contributed by atoms with E-state index < -0.39 is 0 Å². The van der Waals surface area contributed by atoms with Gasteiger partial charge in [-0.15, -0.1) is 13.2 Å². The SMILES string of the molecule is C=CC(C)NC(=S)NNC(=S)NC(C)C=C. The van der Waals surface area contributed by atoms with Gasteiger partial charge in [-0.05, 0) is 38.3 Å². The van der Waals surface area contributed by atoms with Gasteiger partial charge in [-0.2, -0.15) is 0 Å². The van der Waals surface area contributed by atoms with E-state index >= 15 is 0 Å². The van der Waals surface area contributed by atoms with Gasteiger partial charge in [0.2, 0.25) is 0 Å². The molecule has 0 amide bonds. The normalized spacial score (nSPS) is 12.9. The van der Waals surface area contributed by atoms with Crippen LogP contribution in [0.4, 0.5) is 0 Å². The third kappa shape index (κ3) is 7.19. The molecule has 0 rings (SSSR count). The Balaban J connectivity index is 3.79. The van der Waals surface area contributed by atoms with Gasteiger partial charge in [-0.1, -0.05) is 12.2 Å². The highest BCUT2D eigenvalue weighted by Gasteiger charge is 2.01. The maximum atomic E-state index is 5.02. The first kappa shape index (κ1) is 14.9. The van der Waals surface area contributed by atoms with Crippen molar-refractivity contribution >= 4 is 34.7 Å². The molecule has 0 bridgehead atoms. The number of thiocarbonyl (C=S) groups is 2. The lowest BCUT2D eigenvalue weighted by Gasteiger charge is -2.17. The van der Waals surface area contributed by atoms with Gasteiger partial charge in [-0.25, -0.2) is 0 Å². The molecule has 0 aromatic carbocycles. The van der Waals surface area contributed by atoms with Gasteiger partial charge in [0, 0.05) is 12.1 Å². The summed E-state index contributed by atoms with van der Waals surface area (Å²) >= 11 is 10.0. The minimum atomic E-state index is 0.107. The molecule has 0 saturated heterocycles. The molecule has 2 atom stereocenters. The third-order valence-corrected chi connectivity index (χ3v) is 2.15. The van der Waals surface area contributed by atoms with Crippen LogP contribution >= 0.6 is 24.4 Å². The van der Waals surface area contributed by atoms with E-state index in [9.17, 15) is 0 Å². The molecular formula is C10H18N4S2. The lowest BCUT2D eigenvalue weighted by molar-refractivity contribution is 0.726. The topological polar surface area (TPSA) is 48.1 Å². The summed E-state index contributed by atoms with van der Waals surface area (Å²) in [6.45, 7) is 11.2. The Morgan fingerprint density at radius 3 is 1.50 bits per heavy atom. The van der Waals surface area contributed by atoms with Crippen LogP contribution in [0.3, 0.4) is 0 Å². The second kappa shape index (κ2) is 8.06. The van der Waals surface area contributed by atoms with E-state index in [2.05, 4.69) is 34.6 Å². The number of nitrogens with one attached hydrogen (secondary N) is 4. The quantitative estimate of drug-likeness (QED) is 0.343. The molecule has 90 valence electrons. The maximum absolute atomic E-state index is 5.02. The number of hydrogen-bond donors (Lipinski definition) is 4. The Morgan fingerprint density at radius 1 is 0.938 bits per heavy atom. The summed E-state index contributed by atoms with van der Waals surface area (Å²) in [5.74, 6) is 0. The van der Waals surface area contributed by atoms with Gasteiger partial charge in [-0.3, -0.25) is 10.9 Å². The van der Waals surface area contributed by atoms with Gasteiger partial charge >= 0.3 is 0 Å². The van der Waals surface area contributed by atoms with Crippen LogP contribution in [0.5, 0.6) is 0 Å². The molecule has 0 aliphatic heterocycles. The number of rotatable bonds is 4. The van der Waals surface area contributed by atoms with Crippen molar-refractivity contribution in [2.75, 3.05) is 0 Å². The Hall–Kier alpha value is -1.14. The molecule has 0 radical (unpaired) electrons. The van der Waals surface area contributed by atoms with Crippen molar-refractivity contribution in [3.63, 3.8) is 0 Å². The zero-order chi connectivity index (χ0) is 12.6. The van der Waals surface area contributed by atoms with E-state index in [1.807, 2.05) is 13.8 Å². The predicted octanol–water partition coefficient (Wildman–Crippen LogP) is 0.979. The van der Waals surface area contributed by atoms with Crippen LogP contribution in [0.25, 0.3) is 0 Å². The maximum Gasteiger partial charge on any atom is 0.185 e. The van der Waals surface area contributed by atoms with Gasteiger partial charge in [0.05, 0.1) is 0 Å². The molecule has 0 aliphatic carbocycles. The summed E-state index contributed by atoms with van der Waals surface area (Å²) in [7, 11) is 0. The molecule has 0 aromatic heterocycles. The molecule has 0 aliphatic rings. The van der Waals surface area contributed by atoms with Crippen molar-refractivity contribution in [2.24, 2.45) is 0 Å². The Bertz CT molecular complexity index is 250. The summed E-state index contributed by atoms with van der Waals surface area (Å²) in [6.07, 6.45) is 3.51. The van der Waals surface area contributed by atoms with Gasteiger partial charge in [0.25, 0.3) is 0 Å². The van der Waals surface area contributed by atoms with Crippen molar-refractivity contribution in [2.45, 2.75) is 25.9 Å².